The Bertz CT molecular complexity index is 793. The second-order valence-corrected chi connectivity index (χ2v) is 8.57. The number of carbonyl (C=O) groups is 1. The third-order valence-electron chi connectivity index (χ3n) is 3.80. The molecule has 0 amide bonds. The number of halogens is 1. The maximum Gasteiger partial charge on any atom is 0.316 e. The first kappa shape index (κ1) is 17.6. The lowest BCUT2D eigenvalue weighted by Crippen LogP contribution is -2.12. The van der Waals surface area contributed by atoms with Crippen molar-refractivity contribution in [3.05, 3.63) is 90.0 Å². The van der Waals surface area contributed by atoms with Gasteiger partial charge in [-0.2, -0.15) is 0 Å². The number of benzene rings is 3. The fourth-order valence-corrected chi connectivity index (χ4v) is 5.83. The van der Waals surface area contributed by atoms with E-state index in [4.69, 9.17) is 15.8 Å². The van der Waals surface area contributed by atoms with Gasteiger partial charge in [-0.05, 0) is 58.8 Å². The van der Waals surface area contributed by atoms with Crippen molar-refractivity contribution < 1.29 is 8.98 Å². The van der Waals surface area contributed by atoms with Crippen LogP contribution in [0.1, 0.15) is 13.3 Å². The van der Waals surface area contributed by atoms with E-state index in [1.54, 1.807) is 0 Å². The molecule has 0 N–H and O–H groups in total. The van der Waals surface area contributed by atoms with E-state index in [0.29, 0.717) is 11.4 Å². The molecule has 25 heavy (non-hydrogen) atoms. The van der Waals surface area contributed by atoms with Gasteiger partial charge in [0.2, 0.25) is 0 Å². The van der Waals surface area contributed by atoms with Gasteiger partial charge in [-0.1, -0.05) is 54.9 Å². The fraction of sp³-hybridized carbons (Fsp3) is 0.0952. The van der Waals surface area contributed by atoms with Crippen molar-refractivity contribution in [1.29, 1.82) is 0 Å². The summed E-state index contributed by atoms with van der Waals surface area (Å²) in [5.41, 5.74) is 0. The Morgan fingerprint density at radius 2 is 1.24 bits per heavy atom. The van der Waals surface area contributed by atoms with Crippen LogP contribution in [0.5, 0.6) is 0 Å². The second-order valence-electron chi connectivity index (χ2n) is 5.45. The summed E-state index contributed by atoms with van der Waals surface area (Å²) in [6.07, 6.45) is 0.321. The SMILES string of the molecule is CCC(=O)OS(c1ccccc1)(c1ccccc1)c1ccc(Cl)cc1. The van der Waals surface area contributed by atoms with Crippen molar-refractivity contribution >= 4 is 27.9 Å². The molecule has 0 saturated carbocycles. The standard InChI is InChI=1S/C21H19ClO2S/c1-2-21(23)24-25(18-9-5-3-6-10-18,19-11-7-4-8-12-19)20-15-13-17(22)14-16-20/h3-16H,2H2,1H3. The highest BCUT2D eigenvalue weighted by Gasteiger charge is 2.35. The molecule has 3 rings (SSSR count). The quantitative estimate of drug-likeness (QED) is 0.513. The van der Waals surface area contributed by atoms with E-state index in [1.807, 2.05) is 91.9 Å². The highest BCUT2D eigenvalue weighted by atomic mass is 35.5. The van der Waals surface area contributed by atoms with E-state index in [1.165, 1.54) is 0 Å². The molecule has 128 valence electrons. The highest BCUT2D eigenvalue weighted by Crippen LogP contribution is 2.69. The van der Waals surface area contributed by atoms with Crippen LogP contribution in [-0.2, 0) is 8.98 Å². The fourth-order valence-electron chi connectivity index (χ4n) is 2.60. The summed E-state index contributed by atoms with van der Waals surface area (Å²) in [6, 6.07) is 27.4. The second kappa shape index (κ2) is 7.77. The topological polar surface area (TPSA) is 26.3 Å². The molecule has 4 heteroatoms. The van der Waals surface area contributed by atoms with Gasteiger partial charge in [0, 0.05) is 26.1 Å². The van der Waals surface area contributed by atoms with Gasteiger partial charge in [-0.25, -0.2) is 0 Å². The van der Waals surface area contributed by atoms with Crippen LogP contribution in [-0.4, -0.2) is 5.97 Å². The van der Waals surface area contributed by atoms with E-state index in [2.05, 4.69) is 0 Å². The van der Waals surface area contributed by atoms with E-state index in [0.717, 1.165) is 14.7 Å². The molecule has 2 nitrogen and oxygen atoms in total. The number of rotatable bonds is 5. The first-order chi connectivity index (χ1) is 12.2. The third kappa shape index (κ3) is 3.58. The van der Waals surface area contributed by atoms with Gasteiger partial charge < -0.3 is 4.18 Å². The van der Waals surface area contributed by atoms with Gasteiger partial charge in [-0.15, -0.1) is 0 Å². The first-order valence-electron chi connectivity index (χ1n) is 8.08. The Hall–Kier alpha value is -2.23. The molecule has 0 unspecified atom stereocenters. The molecule has 0 spiro atoms. The Morgan fingerprint density at radius 1 is 0.800 bits per heavy atom. The minimum Gasteiger partial charge on any atom is -0.402 e. The van der Waals surface area contributed by atoms with E-state index < -0.39 is 10.3 Å². The summed E-state index contributed by atoms with van der Waals surface area (Å²) in [5, 5.41) is 0.653. The van der Waals surface area contributed by atoms with Gasteiger partial charge in [0.15, 0.2) is 0 Å². The number of carbonyl (C=O) groups excluding carboxylic acids is 1. The van der Waals surface area contributed by atoms with Gasteiger partial charge in [0.1, 0.15) is 0 Å². The first-order valence-corrected chi connectivity index (χ1v) is 10.0. The molecule has 0 aromatic heterocycles. The van der Waals surface area contributed by atoms with Crippen molar-refractivity contribution in [1.82, 2.24) is 0 Å². The molecule has 0 aliphatic heterocycles. The summed E-state index contributed by atoms with van der Waals surface area (Å²) in [5.74, 6) is -0.224. The summed E-state index contributed by atoms with van der Waals surface area (Å²) >= 11 is 6.09. The van der Waals surface area contributed by atoms with Crippen LogP contribution < -0.4 is 0 Å². The van der Waals surface area contributed by atoms with Crippen LogP contribution in [0.3, 0.4) is 0 Å². The summed E-state index contributed by atoms with van der Waals surface area (Å²) in [6.45, 7) is 1.81. The van der Waals surface area contributed by atoms with Crippen LogP contribution in [0, 0.1) is 0 Å². The summed E-state index contributed by atoms with van der Waals surface area (Å²) in [4.78, 5) is 15.3. The molecule has 0 atom stereocenters. The van der Waals surface area contributed by atoms with Crippen molar-refractivity contribution in [3.63, 3.8) is 0 Å². The predicted molar refractivity (Wildman–Crippen MR) is 103 cm³/mol. The molecule has 0 aliphatic rings. The predicted octanol–water partition coefficient (Wildman–Crippen LogP) is 6.49. The molecule has 0 radical (unpaired) electrons. The molecule has 0 bridgehead atoms. The average molecular weight is 371 g/mol. The van der Waals surface area contributed by atoms with Crippen molar-refractivity contribution in [2.45, 2.75) is 28.0 Å². The smallest absolute Gasteiger partial charge is 0.316 e. The minimum absolute atomic E-state index is 0.224. The zero-order valence-corrected chi connectivity index (χ0v) is 15.5. The molecule has 0 fully saturated rings. The number of hydrogen-bond acceptors (Lipinski definition) is 2. The van der Waals surface area contributed by atoms with Crippen molar-refractivity contribution in [3.8, 4) is 0 Å². The molecule has 0 aliphatic carbocycles. The van der Waals surface area contributed by atoms with E-state index in [-0.39, 0.29) is 5.97 Å². The molecule has 3 aromatic carbocycles. The maximum atomic E-state index is 12.4. The molecule has 0 heterocycles. The van der Waals surface area contributed by atoms with Gasteiger partial charge in [-0.3, -0.25) is 4.79 Å². The Labute approximate surface area is 154 Å². The molecule has 3 aromatic rings. The Balaban J connectivity index is 2.30. The summed E-state index contributed by atoms with van der Waals surface area (Å²) < 4.78 is 6.19. The van der Waals surface area contributed by atoms with Crippen LogP contribution >= 0.6 is 21.9 Å². The van der Waals surface area contributed by atoms with Crippen LogP contribution in [0.15, 0.2) is 99.6 Å². The normalized spacial score (nSPS) is 11.8. The van der Waals surface area contributed by atoms with E-state index in [9.17, 15) is 4.79 Å². The summed E-state index contributed by atoms with van der Waals surface area (Å²) in [7, 11) is -2.17. The lowest BCUT2D eigenvalue weighted by molar-refractivity contribution is -0.133. The largest absolute Gasteiger partial charge is 0.402 e. The average Bonchev–Trinajstić information content (AvgIpc) is 2.68. The van der Waals surface area contributed by atoms with E-state index >= 15 is 0 Å². The van der Waals surface area contributed by atoms with Crippen LogP contribution in [0.25, 0.3) is 0 Å². The zero-order chi connectivity index (χ0) is 17.7. The molecule has 0 saturated heterocycles. The Kier molecular flexibility index (Phi) is 5.47. The van der Waals surface area contributed by atoms with Crippen molar-refractivity contribution in [2.75, 3.05) is 0 Å². The van der Waals surface area contributed by atoms with Gasteiger partial charge in [0.05, 0.1) is 0 Å². The molecular formula is C21H19ClO2S. The maximum absolute atomic E-state index is 12.4. The Morgan fingerprint density at radius 3 is 1.68 bits per heavy atom. The molecular weight excluding hydrogens is 352 g/mol. The van der Waals surface area contributed by atoms with Crippen LogP contribution in [0.4, 0.5) is 0 Å². The lowest BCUT2D eigenvalue weighted by atomic mass is 10.4. The van der Waals surface area contributed by atoms with Crippen molar-refractivity contribution in [2.24, 2.45) is 0 Å². The third-order valence-corrected chi connectivity index (χ3v) is 7.30. The lowest BCUT2D eigenvalue weighted by Gasteiger charge is -2.39. The number of hydrogen-bond donors (Lipinski definition) is 0. The minimum atomic E-state index is -2.17. The monoisotopic (exact) mass is 370 g/mol. The van der Waals surface area contributed by atoms with Gasteiger partial charge >= 0.3 is 5.97 Å². The zero-order valence-electron chi connectivity index (χ0n) is 13.9. The highest BCUT2D eigenvalue weighted by molar-refractivity contribution is 8.30. The van der Waals surface area contributed by atoms with Gasteiger partial charge in [0.25, 0.3) is 0 Å². The van der Waals surface area contributed by atoms with Crippen LogP contribution in [0.2, 0.25) is 5.02 Å².